The minimum atomic E-state index is 0.413. The predicted octanol–water partition coefficient (Wildman–Crippen LogP) is 1.95. The highest BCUT2D eigenvalue weighted by Gasteiger charge is 2.11. The second kappa shape index (κ2) is 6.49. The van der Waals surface area contributed by atoms with E-state index in [1.165, 1.54) is 0 Å². The molecule has 0 saturated heterocycles. The predicted molar refractivity (Wildman–Crippen MR) is 66.5 cm³/mol. The molecule has 0 aliphatic heterocycles. The molecule has 1 unspecified atom stereocenters. The first-order valence-corrected chi connectivity index (χ1v) is 6.31. The van der Waals surface area contributed by atoms with Gasteiger partial charge in [-0.1, -0.05) is 0 Å². The molecule has 0 aromatic rings. The summed E-state index contributed by atoms with van der Waals surface area (Å²) in [7, 11) is 2.04. The molecule has 0 spiro atoms. The molecule has 2 nitrogen and oxygen atoms in total. The summed E-state index contributed by atoms with van der Waals surface area (Å²) in [5.41, 5.74) is 0. The molecule has 1 N–H and O–H groups in total. The van der Waals surface area contributed by atoms with E-state index in [0.717, 1.165) is 10.9 Å². The van der Waals surface area contributed by atoms with Crippen LogP contribution < -0.4 is 5.32 Å². The number of nitrogens with zero attached hydrogens (tertiary/aromatic N) is 1. The number of thioether (sulfide) groups is 1. The van der Waals surface area contributed by atoms with E-state index in [-0.39, 0.29) is 0 Å². The Morgan fingerprint density at radius 2 is 2.00 bits per heavy atom. The Kier molecular flexibility index (Phi) is 6.51. The molecule has 0 fully saturated rings. The summed E-state index contributed by atoms with van der Waals surface area (Å²) < 4.78 is 0. The van der Waals surface area contributed by atoms with Gasteiger partial charge in [0.15, 0.2) is 5.11 Å². The number of hydrogen-bond acceptors (Lipinski definition) is 2. The largest absolute Gasteiger partial charge is 0.360 e. The van der Waals surface area contributed by atoms with Crippen molar-refractivity contribution in [2.24, 2.45) is 0 Å². The summed E-state index contributed by atoms with van der Waals surface area (Å²) in [6.07, 6.45) is 2.11. The molecule has 0 aliphatic carbocycles. The Morgan fingerprint density at radius 3 is 2.38 bits per heavy atom. The summed E-state index contributed by atoms with van der Waals surface area (Å²) in [6.45, 7) is 6.38. The highest BCUT2D eigenvalue weighted by atomic mass is 32.2. The maximum absolute atomic E-state index is 5.25. The average Bonchev–Trinajstić information content (AvgIpc) is 2.02. The Bertz CT molecular complexity index is 160. The van der Waals surface area contributed by atoms with Crippen LogP contribution in [0.25, 0.3) is 0 Å². The van der Waals surface area contributed by atoms with E-state index in [4.69, 9.17) is 12.2 Å². The van der Waals surface area contributed by atoms with Crippen LogP contribution in [0.4, 0.5) is 0 Å². The number of rotatable bonds is 4. The fourth-order valence-electron chi connectivity index (χ4n) is 0.902. The van der Waals surface area contributed by atoms with Gasteiger partial charge in [0, 0.05) is 24.9 Å². The maximum atomic E-state index is 5.25. The third-order valence-corrected chi connectivity index (χ3v) is 3.02. The van der Waals surface area contributed by atoms with Crippen molar-refractivity contribution in [1.29, 1.82) is 0 Å². The van der Waals surface area contributed by atoms with Gasteiger partial charge in [-0.15, -0.1) is 0 Å². The zero-order valence-corrected chi connectivity index (χ0v) is 10.8. The van der Waals surface area contributed by atoms with E-state index < -0.39 is 0 Å². The summed E-state index contributed by atoms with van der Waals surface area (Å²) in [6, 6.07) is 0.908. The molecule has 0 radical (unpaired) electrons. The van der Waals surface area contributed by atoms with Crippen LogP contribution in [0, 0.1) is 0 Å². The van der Waals surface area contributed by atoms with Crippen molar-refractivity contribution in [1.82, 2.24) is 10.2 Å². The van der Waals surface area contributed by atoms with Gasteiger partial charge in [-0.3, -0.25) is 0 Å². The molecule has 78 valence electrons. The molecule has 0 rings (SSSR count). The number of nitrogens with one attached hydrogen (secondary N) is 1. The van der Waals surface area contributed by atoms with E-state index in [0.29, 0.717) is 12.1 Å². The van der Waals surface area contributed by atoms with E-state index in [9.17, 15) is 0 Å². The van der Waals surface area contributed by atoms with Crippen LogP contribution in [0.1, 0.15) is 20.8 Å². The van der Waals surface area contributed by atoms with E-state index >= 15 is 0 Å². The number of thiocarbonyl (C=S) groups is 1. The van der Waals surface area contributed by atoms with E-state index in [1.54, 1.807) is 0 Å². The van der Waals surface area contributed by atoms with Crippen molar-refractivity contribution in [3.8, 4) is 0 Å². The monoisotopic (exact) mass is 220 g/mol. The highest BCUT2D eigenvalue weighted by molar-refractivity contribution is 7.98. The van der Waals surface area contributed by atoms with Crippen molar-refractivity contribution in [3.63, 3.8) is 0 Å². The molecule has 0 amide bonds. The molecular formula is C9H20N2S2. The van der Waals surface area contributed by atoms with Crippen molar-refractivity contribution >= 4 is 29.1 Å². The van der Waals surface area contributed by atoms with Crippen molar-refractivity contribution < 1.29 is 0 Å². The molecule has 0 heterocycles. The van der Waals surface area contributed by atoms with Gasteiger partial charge in [0.1, 0.15) is 0 Å². The maximum Gasteiger partial charge on any atom is 0.169 e. The lowest BCUT2D eigenvalue weighted by atomic mass is 10.3. The van der Waals surface area contributed by atoms with Crippen LogP contribution in [0.3, 0.4) is 0 Å². The van der Waals surface area contributed by atoms with Gasteiger partial charge in [-0.25, -0.2) is 0 Å². The quantitative estimate of drug-likeness (QED) is 0.728. The molecule has 0 bridgehead atoms. The topological polar surface area (TPSA) is 15.3 Å². The van der Waals surface area contributed by atoms with Gasteiger partial charge in [0.05, 0.1) is 0 Å². The second-order valence-electron chi connectivity index (χ2n) is 3.52. The molecule has 13 heavy (non-hydrogen) atoms. The minimum Gasteiger partial charge on any atom is -0.360 e. The molecule has 0 aromatic carbocycles. The first kappa shape index (κ1) is 13.0. The van der Waals surface area contributed by atoms with Crippen LogP contribution >= 0.6 is 24.0 Å². The first-order chi connectivity index (χ1) is 5.99. The molecule has 0 saturated carbocycles. The summed E-state index contributed by atoms with van der Waals surface area (Å²) in [4.78, 5) is 2.12. The smallest absolute Gasteiger partial charge is 0.169 e. The molecular weight excluding hydrogens is 200 g/mol. The lowest BCUT2D eigenvalue weighted by Crippen LogP contribution is -2.45. The summed E-state index contributed by atoms with van der Waals surface area (Å²) in [5, 5.41) is 4.07. The Labute approximate surface area is 91.5 Å². The van der Waals surface area contributed by atoms with E-state index in [1.807, 2.05) is 18.8 Å². The van der Waals surface area contributed by atoms with Crippen molar-refractivity contribution in [3.05, 3.63) is 0 Å². The van der Waals surface area contributed by atoms with Crippen LogP contribution in [-0.2, 0) is 0 Å². The zero-order valence-electron chi connectivity index (χ0n) is 9.13. The molecule has 0 aliphatic rings. The summed E-state index contributed by atoms with van der Waals surface area (Å²) >= 11 is 7.09. The Balaban J connectivity index is 3.93. The van der Waals surface area contributed by atoms with Gasteiger partial charge >= 0.3 is 0 Å². The average molecular weight is 220 g/mol. The minimum absolute atomic E-state index is 0.413. The zero-order chi connectivity index (χ0) is 10.4. The Morgan fingerprint density at radius 1 is 1.46 bits per heavy atom. The van der Waals surface area contributed by atoms with Gasteiger partial charge in [-0.2, -0.15) is 11.8 Å². The van der Waals surface area contributed by atoms with Crippen molar-refractivity contribution in [2.45, 2.75) is 32.9 Å². The van der Waals surface area contributed by atoms with Crippen LogP contribution in [0.15, 0.2) is 0 Å². The molecule has 1 atom stereocenters. The number of hydrogen-bond donors (Lipinski definition) is 1. The standard InChI is InChI=1S/C9H20N2S2/c1-7(2)10-9(12)11(4)8(3)6-13-5/h7-8H,6H2,1-5H3,(H,10,12). The SMILES string of the molecule is CSCC(C)N(C)C(=S)NC(C)C. The second-order valence-corrected chi connectivity index (χ2v) is 4.82. The fourth-order valence-corrected chi connectivity index (χ4v) is 2.02. The fraction of sp³-hybridized carbons (Fsp3) is 0.889. The highest BCUT2D eigenvalue weighted by Crippen LogP contribution is 2.04. The Hall–Kier alpha value is 0.0400. The van der Waals surface area contributed by atoms with Gasteiger partial charge < -0.3 is 10.2 Å². The van der Waals surface area contributed by atoms with Crippen LogP contribution in [-0.4, -0.2) is 41.2 Å². The first-order valence-electron chi connectivity index (χ1n) is 4.51. The van der Waals surface area contributed by atoms with E-state index in [2.05, 4.69) is 37.2 Å². The van der Waals surface area contributed by atoms with Gasteiger partial charge in [0.2, 0.25) is 0 Å². The van der Waals surface area contributed by atoms with Crippen LogP contribution in [0.5, 0.6) is 0 Å². The molecule has 0 aromatic heterocycles. The third-order valence-electron chi connectivity index (χ3n) is 1.80. The van der Waals surface area contributed by atoms with Gasteiger partial charge in [-0.05, 0) is 39.2 Å². The van der Waals surface area contributed by atoms with Gasteiger partial charge in [0.25, 0.3) is 0 Å². The normalized spacial score (nSPS) is 12.8. The summed E-state index contributed by atoms with van der Waals surface area (Å²) in [5.74, 6) is 1.11. The molecule has 4 heteroatoms. The van der Waals surface area contributed by atoms with Crippen LogP contribution in [0.2, 0.25) is 0 Å². The lowest BCUT2D eigenvalue weighted by Gasteiger charge is -2.28. The lowest BCUT2D eigenvalue weighted by molar-refractivity contribution is 0.411. The van der Waals surface area contributed by atoms with Crippen molar-refractivity contribution in [2.75, 3.05) is 19.1 Å². The third kappa shape index (κ3) is 5.37.